The van der Waals surface area contributed by atoms with Crippen LogP contribution in [0.25, 0.3) is 0 Å². The van der Waals surface area contributed by atoms with Crippen molar-refractivity contribution in [2.75, 3.05) is 0 Å². The molecule has 0 radical (unpaired) electrons. The molecule has 1 heterocycles. The minimum absolute atomic E-state index is 0.0727. The second kappa shape index (κ2) is 4.05. The maximum absolute atomic E-state index is 5.97. The summed E-state index contributed by atoms with van der Waals surface area (Å²) in [6.07, 6.45) is 0. The molecule has 3 heteroatoms. The molecule has 0 bridgehead atoms. The van der Waals surface area contributed by atoms with Gasteiger partial charge in [-0.1, -0.05) is 0 Å². The average molecular weight is 319 g/mol. The Bertz CT molecular complexity index is 304. The number of hydrogen-bond acceptors (Lipinski definition) is 2. The first kappa shape index (κ1) is 12.4. The number of thiophene rings is 1. The fourth-order valence-corrected chi connectivity index (χ4v) is 8.49. The standard InChI is InChI=1S/C8H11OS.3CH3.Sn/c1-8(2,3)9-7-5-4-6-10-7;;;;/h4,6H,1-3H3;3*1H3;. The van der Waals surface area contributed by atoms with E-state index in [0.717, 1.165) is 5.06 Å². The van der Waals surface area contributed by atoms with E-state index in [9.17, 15) is 0 Å². The number of hydrogen-bond donors (Lipinski definition) is 0. The van der Waals surface area contributed by atoms with Gasteiger partial charge in [0.2, 0.25) is 0 Å². The SMILES string of the molecule is CC(C)(C)Oc1scc[c]1[Sn]([CH3])([CH3])[CH3]. The van der Waals surface area contributed by atoms with Crippen molar-refractivity contribution in [3.8, 4) is 5.06 Å². The predicted octanol–water partition coefficient (Wildman–Crippen LogP) is 3.47. The topological polar surface area (TPSA) is 9.23 Å². The molecule has 0 unspecified atom stereocenters. The van der Waals surface area contributed by atoms with Crippen LogP contribution in [0.2, 0.25) is 14.8 Å². The molecule has 1 nitrogen and oxygen atoms in total. The van der Waals surface area contributed by atoms with Crippen LogP contribution in [0.1, 0.15) is 20.8 Å². The van der Waals surface area contributed by atoms with Crippen molar-refractivity contribution in [1.82, 2.24) is 0 Å². The second-order valence-electron chi connectivity index (χ2n) is 5.59. The Morgan fingerprint density at radius 1 is 1.21 bits per heavy atom. The van der Waals surface area contributed by atoms with Gasteiger partial charge in [0.05, 0.1) is 0 Å². The van der Waals surface area contributed by atoms with Crippen molar-refractivity contribution in [1.29, 1.82) is 0 Å². The van der Waals surface area contributed by atoms with E-state index in [4.69, 9.17) is 4.74 Å². The van der Waals surface area contributed by atoms with E-state index >= 15 is 0 Å². The van der Waals surface area contributed by atoms with Gasteiger partial charge in [0.25, 0.3) is 0 Å². The molecule has 0 fully saturated rings. The molecule has 0 saturated heterocycles. The van der Waals surface area contributed by atoms with E-state index in [-0.39, 0.29) is 5.60 Å². The Morgan fingerprint density at radius 3 is 2.21 bits per heavy atom. The summed E-state index contributed by atoms with van der Waals surface area (Å²) in [4.78, 5) is 7.27. The molecule has 1 rings (SSSR count). The quantitative estimate of drug-likeness (QED) is 0.759. The van der Waals surface area contributed by atoms with Gasteiger partial charge in [-0.2, -0.15) is 0 Å². The summed E-state index contributed by atoms with van der Waals surface area (Å²) >= 11 is -0.227. The van der Waals surface area contributed by atoms with E-state index in [1.165, 1.54) is 3.58 Å². The fraction of sp³-hybridized carbons (Fsp3) is 0.636. The third-order valence-corrected chi connectivity index (χ3v) is 8.88. The van der Waals surface area contributed by atoms with Crippen LogP contribution in [0.5, 0.6) is 5.06 Å². The third kappa shape index (κ3) is 3.46. The van der Waals surface area contributed by atoms with Gasteiger partial charge < -0.3 is 0 Å². The van der Waals surface area contributed by atoms with Crippen LogP contribution in [0.4, 0.5) is 0 Å². The van der Waals surface area contributed by atoms with Gasteiger partial charge in [0.1, 0.15) is 0 Å². The van der Waals surface area contributed by atoms with Crippen LogP contribution < -0.4 is 8.32 Å². The monoisotopic (exact) mass is 320 g/mol. The summed E-state index contributed by atoms with van der Waals surface area (Å²) in [5.74, 6) is 0. The van der Waals surface area contributed by atoms with Crippen LogP contribution in [-0.2, 0) is 0 Å². The summed E-state index contributed by atoms with van der Waals surface area (Å²) in [5, 5.41) is 3.30. The van der Waals surface area contributed by atoms with Crippen LogP contribution in [0.15, 0.2) is 11.4 Å². The Kier molecular flexibility index (Phi) is 3.57. The van der Waals surface area contributed by atoms with Gasteiger partial charge in [-0.25, -0.2) is 0 Å². The van der Waals surface area contributed by atoms with Crippen molar-refractivity contribution in [3.63, 3.8) is 0 Å². The molecule has 0 aliphatic rings. The minimum atomic E-state index is -1.96. The first-order valence-electron chi connectivity index (χ1n) is 4.97. The second-order valence-corrected chi connectivity index (χ2v) is 20.8. The molecule has 80 valence electrons. The molecule has 0 spiro atoms. The summed E-state index contributed by atoms with van der Waals surface area (Å²) in [7, 11) is 0. The molecular weight excluding hydrogens is 299 g/mol. The van der Waals surface area contributed by atoms with Gasteiger partial charge in [0.15, 0.2) is 0 Å². The van der Waals surface area contributed by atoms with Crippen LogP contribution in [0.3, 0.4) is 0 Å². The molecule has 1 aromatic heterocycles. The zero-order valence-electron chi connectivity index (χ0n) is 9.97. The maximum atomic E-state index is 5.97. The number of rotatable bonds is 2. The van der Waals surface area contributed by atoms with Crippen LogP contribution in [-0.4, -0.2) is 24.0 Å². The molecule has 0 aliphatic heterocycles. The summed E-state index contributed by atoms with van der Waals surface area (Å²) in [6, 6.07) is 2.25. The van der Waals surface area contributed by atoms with Gasteiger partial charge in [-0.15, -0.1) is 0 Å². The molecule has 0 saturated carbocycles. The van der Waals surface area contributed by atoms with Gasteiger partial charge in [0, 0.05) is 0 Å². The average Bonchev–Trinajstić information content (AvgIpc) is 2.29. The molecule has 1 aromatic rings. The normalized spacial score (nSPS) is 13.0. The van der Waals surface area contributed by atoms with E-state index in [1.54, 1.807) is 11.3 Å². The number of ether oxygens (including phenoxy) is 1. The van der Waals surface area contributed by atoms with Crippen molar-refractivity contribution in [2.24, 2.45) is 0 Å². The summed E-state index contributed by atoms with van der Waals surface area (Å²) in [5.41, 5.74) is -0.0727. The first-order valence-corrected chi connectivity index (χ1v) is 15.8. The van der Waals surface area contributed by atoms with E-state index < -0.39 is 18.4 Å². The predicted molar refractivity (Wildman–Crippen MR) is 67.7 cm³/mol. The van der Waals surface area contributed by atoms with E-state index in [1.807, 2.05) is 0 Å². The molecule has 14 heavy (non-hydrogen) atoms. The first-order chi connectivity index (χ1) is 6.20. The molecule has 0 aliphatic carbocycles. The van der Waals surface area contributed by atoms with Gasteiger partial charge in [-0.3, -0.25) is 0 Å². The summed E-state index contributed by atoms with van der Waals surface area (Å²) in [6.45, 7) is 6.32. The molecule has 0 aromatic carbocycles. The fourth-order valence-electron chi connectivity index (χ4n) is 1.21. The molecule has 0 atom stereocenters. The van der Waals surface area contributed by atoms with Crippen molar-refractivity contribution >= 4 is 33.3 Å². The molecular formula is C11H20OSSn. The Hall–Kier alpha value is 0.299. The summed E-state index contributed by atoms with van der Waals surface area (Å²) < 4.78 is 7.48. The van der Waals surface area contributed by atoms with Gasteiger partial charge in [-0.05, 0) is 0 Å². The zero-order valence-corrected chi connectivity index (χ0v) is 13.6. The Morgan fingerprint density at radius 2 is 1.79 bits per heavy atom. The zero-order chi connectivity index (χ0) is 11.0. The Labute approximate surface area is 95.4 Å². The van der Waals surface area contributed by atoms with Crippen molar-refractivity contribution in [3.05, 3.63) is 11.4 Å². The van der Waals surface area contributed by atoms with Gasteiger partial charge >= 0.3 is 95.7 Å². The van der Waals surface area contributed by atoms with Crippen LogP contribution >= 0.6 is 11.3 Å². The molecule has 0 amide bonds. The van der Waals surface area contributed by atoms with Crippen molar-refractivity contribution in [2.45, 2.75) is 41.2 Å². The van der Waals surface area contributed by atoms with E-state index in [0.29, 0.717) is 0 Å². The third-order valence-electron chi connectivity index (χ3n) is 1.84. The van der Waals surface area contributed by atoms with Crippen molar-refractivity contribution < 1.29 is 4.74 Å². The van der Waals surface area contributed by atoms with Crippen LogP contribution in [0, 0.1) is 0 Å². The van der Waals surface area contributed by atoms with E-state index in [2.05, 4.69) is 47.0 Å². The molecule has 0 N–H and O–H groups in total. The Balaban J connectivity index is 2.95.